The zero-order valence-electron chi connectivity index (χ0n) is 9.77. The van der Waals surface area contributed by atoms with Gasteiger partial charge in [-0.25, -0.2) is 17.9 Å². The van der Waals surface area contributed by atoms with Crippen molar-refractivity contribution in [2.75, 3.05) is 13.1 Å². The Morgan fingerprint density at radius 3 is 2.53 bits per heavy atom. The molecule has 1 heterocycles. The lowest BCUT2D eigenvalue weighted by Crippen LogP contribution is -2.33. The van der Waals surface area contributed by atoms with Gasteiger partial charge in [0, 0.05) is 20.0 Å². The molecule has 0 bridgehead atoms. The van der Waals surface area contributed by atoms with E-state index in [4.69, 9.17) is 5.11 Å². The van der Waals surface area contributed by atoms with Crippen molar-refractivity contribution in [3.8, 4) is 0 Å². The first-order chi connectivity index (χ1) is 8.74. The monoisotopic (exact) mass is 370 g/mol. The van der Waals surface area contributed by atoms with E-state index in [1.165, 1.54) is 6.92 Å². The molecule has 0 fully saturated rings. The molecule has 0 atom stereocenters. The summed E-state index contributed by atoms with van der Waals surface area (Å²) in [6, 6.07) is 1.08. The summed E-state index contributed by atoms with van der Waals surface area (Å²) in [5, 5.41) is 11.2. The highest BCUT2D eigenvalue weighted by molar-refractivity contribution is 9.11. The number of carboxylic acids is 1. The standard InChI is InChI=1S/C9H11BrN2O5S2/c1-5(13)11-2-3-12-19(16,17)7-4-6(9(14)15)18-8(7)10/h4,12H,2-3H2,1H3,(H,11,13)(H,14,15). The molecule has 10 heteroatoms. The summed E-state index contributed by atoms with van der Waals surface area (Å²) in [5.74, 6) is -1.45. The zero-order valence-corrected chi connectivity index (χ0v) is 13.0. The Morgan fingerprint density at radius 1 is 1.42 bits per heavy atom. The van der Waals surface area contributed by atoms with Crippen molar-refractivity contribution in [2.24, 2.45) is 0 Å². The van der Waals surface area contributed by atoms with Crippen molar-refractivity contribution < 1.29 is 23.1 Å². The van der Waals surface area contributed by atoms with Crippen LogP contribution < -0.4 is 10.0 Å². The first-order valence-electron chi connectivity index (χ1n) is 5.01. The van der Waals surface area contributed by atoms with E-state index in [0.29, 0.717) is 0 Å². The van der Waals surface area contributed by atoms with Crippen molar-refractivity contribution >= 4 is 49.2 Å². The van der Waals surface area contributed by atoms with Gasteiger partial charge in [-0.15, -0.1) is 11.3 Å². The van der Waals surface area contributed by atoms with Gasteiger partial charge in [0.2, 0.25) is 15.9 Å². The third kappa shape index (κ3) is 4.56. The molecule has 1 amide bonds. The molecule has 0 spiro atoms. The van der Waals surface area contributed by atoms with Crippen molar-refractivity contribution in [2.45, 2.75) is 11.8 Å². The Bertz CT molecular complexity index is 596. The second kappa shape index (κ2) is 6.46. The molecule has 3 N–H and O–H groups in total. The number of thiophene rings is 1. The number of rotatable bonds is 6. The molecule has 0 aromatic carbocycles. The molecule has 1 rings (SSSR count). The molecule has 0 aliphatic rings. The summed E-state index contributed by atoms with van der Waals surface area (Å²) in [4.78, 5) is 21.2. The van der Waals surface area contributed by atoms with Gasteiger partial charge in [-0.3, -0.25) is 4.79 Å². The van der Waals surface area contributed by atoms with Gasteiger partial charge < -0.3 is 10.4 Å². The van der Waals surface area contributed by atoms with Gasteiger partial charge in [0.05, 0.1) is 3.79 Å². The van der Waals surface area contributed by atoms with Gasteiger partial charge in [-0.2, -0.15) is 0 Å². The van der Waals surface area contributed by atoms with Crippen LogP contribution in [0, 0.1) is 0 Å². The minimum absolute atomic E-state index is 0.0204. The number of carboxylic acid groups (broad SMARTS) is 1. The molecule has 0 saturated carbocycles. The Labute approximate surface area is 122 Å². The number of carbonyl (C=O) groups is 2. The number of carbonyl (C=O) groups excluding carboxylic acids is 1. The van der Waals surface area contributed by atoms with E-state index >= 15 is 0 Å². The van der Waals surface area contributed by atoms with Crippen LogP contribution in [0.5, 0.6) is 0 Å². The average Bonchev–Trinajstić information content (AvgIpc) is 2.67. The Kier molecular flexibility index (Phi) is 5.47. The normalized spacial score (nSPS) is 11.3. The van der Waals surface area contributed by atoms with Crippen molar-refractivity contribution in [1.82, 2.24) is 10.0 Å². The summed E-state index contributed by atoms with van der Waals surface area (Å²) in [6.07, 6.45) is 0. The van der Waals surface area contributed by atoms with Gasteiger partial charge in [0.25, 0.3) is 0 Å². The van der Waals surface area contributed by atoms with E-state index in [0.717, 1.165) is 17.4 Å². The zero-order chi connectivity index (χ0) is 14.6. The van der Waals surface area contributed by atoms with Gasteiger partial charge >= 0.3 is 5.97 Å². The fraction of sp³-hybridized carbons (Fsp3) is 0.333. The molecular weight excluding hydrogens is 360 g/mol. The van der Waals surface area contributed by atoms with E-state index in [1.807, 2.05) is 0 Å². The van der Waals surface area contributed by atoms with E-state index in [9.17, 15) is 18.0 Å². The highest BCUT2D eigenvalue weighted by Gasteiger charge is 2.22. The van der Waals surface area contributed by atoms with Crippen LogP contribution in [-0.4, -0.2) is 38.5 Å². The lowest BCUT2D eigenvalue weighted by Gasteiger charge is -2.05. The maximum absolute atomic E-state index is 11.9. The molecule has 0 unspecified atom stereocenters. The SMILES string of the molecule is CC(=O)NCCNS(=O)(=O)c1cc(C(=O)O)sc1Br. The molecule has 0 radical (unpaired) electrons. The number of hydrogen-bond acceptors (Lipinski definition) is 5. The third-order valence-electron chi connectivity index (χ3n) is 1.95. The van der Waals surface area contributed by atoms with Gasteiger partial charge in [-0.05, 0) is 22.0 Å². The van der Waals surface area contributed by atoms with Gasteiger partial charge in [-0.1, -0.05) is 0 Å². The Hall–Kier alpha value is -0.970. The summed E-state index contributed by atoms with van der Waals surface area (Å²) in [6.45, 7) is 1.50. The maximum Gasteiger partial charge on any atom is 0.345 e. The highest BCUT2D eigenvalue weighted by Crippen LogP contribution is 2.31. The molecule has 0 aliphatic heterocycles. The quantitative estimate of drug-likeness (QED) is 0.635. The molecule has 1 aromatic heterocycles. The number of aromatic carboxylic acids is 1. The van der Waals surface area contributed by atoms with Crippen LogP contribution in [0.15, 0.2) is 14.7 Å². The second-order valence-electron chi connectivity index (χ2n) is 3.43. The molecule has 1 aromatic rings. The van der Waals surface area contributed by atoms with Gasteiger partial charge in [0.1, 0.15) is 9.77 Å². The average molecular weight is 371 g/mol. The minimum Gasteiger partial charge on any atom is -0.477 e. The van der Waals surface area contributed by atoms with E-state index < -0.39 is 16.0 Å². The van der Waals surface area contributed by atoms with Crippen LogP contribution in [0.4, 0.5) is 0 Å². The first-order valence-corrected chi connectivity index (χ1v) is 8.10. The van der Waals surface area contributed by atoms with Crippen LogP contribution in [0.2, 0.25) is 0 Å². The summed E-state index contributed by atoms with van der Waals surface area (Å²) >= 11 is 3.84. The Morgan fingerprint density at radius 2 is 2.05 bits per heavy atom. The maximum atomic E-state index is 11.9. The van der Waals surface area contributed by atoms with Crippen molar-refractivity contribution in [1.29, 1.82) is 0 Å². The van der Waals surface area contributed by atoms with Crippen molar-refractivity contribution in [3.05, 3.63) is 14.7 Å². The number of halogens is 1. The number of hydrogen-bond donors (Lipinski definition) is 3. The van der Waals surface area contributed by atoms with E-state index in [-0.39, 0.29) is 32.6 Å². The Balaban J connectivity index is 2.77. The van der Waals surface area contributed by atoms with Crippen LogP contribution in [0.1, 0.15) is 16.6 Å². The first kappa shape index (κ1) is 16.1. The molecule has 0 aliphatic carbocycles. The predicted molar refractivity (Wildman–Crippen MR) is 72.9 cm³/mol. The summed E-state index contributed by atoms with van der Waals surface area (Å²) in [7, 11) is -3.80. The number of amides is 1. The third-order valence-corrected chi connectivity index (χ3v) is 5.65. The smallest absolute Gasteiger partial charge is 0.345 e. The summed E-state index contributed by atoms with van der Waals surface area (Å²) in [5.41, 5.74) is 0. The van der Waals surface area contributed by atoms with Crippen LogP contribution in [0.3, 0.4) is 0 Å². The molecule has 106 valence electrons. The fourth-order valence-corrected chi connectivity index (χ4v) is 4.58. The minimum atomic E-state index is -3.80. The van der Waals surface area contributed by atoms with E-state index in [1.54, 1.807) is 0 Å². The van der Waals surface area contributed by atoms with Crippen LogP contribution in [0.25, 0.3) is 0 Å². The molecule has 7 nitrogen and oxygen atoms in total. The lowest BCUT2D eigenvalue weighted by molar-refractivity contribution is -0.118. The number of sulfonamides is 1. The van der Waals surface area contributed by atoms with E-state index in [2.05, 4.69) is 26.0 Å². The number of nitrogens with one attached hydrogen (secondary N) is 2. The highest BCUT2D eigenvalue weighted by atomic mass is 79.9. The van der Waals surface area contributed by atoms with Crippen LogP contribution >= 0.6 is 27.3 Å². The van der Waals surface area contributed by atoms with Crippen molar-refractivity contribution in [3.63, 3.8) is 0 Å². The molecule has 19 heavy (non-hydrogen) atoms. The molecule has 0 saturated heterocycles. The summed E-state index contributed by atoms with van der Waals surface area (Å²) < 4.78 is 26.3. The molecular formula is C9H11BrN2O5S2. The fourth-order valence-electron chi connectivity index (χ4n) is 1.14. The topological polar surface area (TPSA) is 113 Å². The lowest BCUT2D eigenvalue weighted by atomic mass is 10.5. The largest absolute Gasteiger partial charge is 0.477 e. The predicted octanol–water partition coefficient (Wildman–Crippen LogP) is 0.623. The van der Waals surface area contributed by atoms with Gasteiger partial charge in [0.15, 0.2) is 0 Å². The second-order valence-corrected chi connectivity index (χ2v) is 7.54. The van der Waals surface area contributed by atoms with Crippen LogP contribution in [-0.2, 0) is 14.8 Å².